The van der Waals surface area contributed by atoms with Gasteiger partial charge in [0.15, 0.2) is 5.16 Å². The van der Waals surface area contributed by atoms with Gasteiger partial charge >= 0.3 is 0 Å². The van der Waals surface area contributed by atoms with Crippen molar-refractivity contribution in [2.45, 2.75) is 56.5 Å². The van der Waals surface area contributed by atoms with E-state index in [1.807, 2.05) is 11.8 Å². The molecule has 0 bridgehead atoms. The van der Waals surface area contributed by atoms with Gasteiger partial charge < -0.3 is 5.32 Å². The molecule has 0 amide bonds. The summed E-state index contributed by atoms with van der Waals surface area (Å²) >= 11 is 1.83. The summed E-state index contributed by atoms with van der Waals surface area (Å²) in [5.41, 5.74) is 0.382. The highest BCUT2D eigenvalue weighted by molar-refractivity contribution is 7.99. The van der Waals surface area contributed by atoms with E-state index in [1.165, 1.54) is 19.3 Å². The highest BCUT2D eigenvalue weighted by Gasteiger charge is 2.42. The van der Waals surface area contributed by atoms with Crippen LogP contribution in [0.5, 0.6) is 0 Å². The SMILES string of the molecule is CCCNC1C(Sc2ncn[nH]2)CCC1(C)C. The van der Waals surface area contributed by atoms with Gasteiger partial charge in [-0.1, -0.05) is 32.5 Å². The van der Waals surface area contributed by atoms with E-state index in [0.29, 0.717) is 16.7 Å². The maximum Gasteiger partial charge on any atom is 0.183 e. The average Bonchev–Trinajstić information content (AvgIpc) is 2.86. The van der Waals surface area contributed by atoms with Crippen LogP contribution in [-0.4, -0.2) is 33.0 Å². The van der Waals surface area contributed by atoms with Crippen LogP contribution in [0.15, 0.2) is 11.5 Å². The molecule has 1 fully saturated rings. The Kier molecular flexibility index (Phi) is 4.09. The van der Waals surface area contributed by atoms with Crippen molar-refractivity contribution in [3.63, 3.8) is 0 Å². The third-order valence-corrected chi connectivity index (χ3v) is 4.79. The van der Waals surface area contributed by atoms with E-state index < -0.39 is 0 Å². The van der Waals surface area contributed by atoms with Crippen molar-refractivity contribution >= 4 is 11.8 Å². The number of hydrogen-bond donors (Lipinski definition) is 2. The summed E-state index contributed by atoms with van der Waals surface area (Å²) in [6.45, 7) is 8.04. The summed E-state index contributed by atoms with van der Waals surface area (Å²) in [7, 11) is 0. The van der Waals surface area contributed by atoms with Crippen LogP contribution in [-0.2, 0) is 0 Å². The van der Waals surface area contributed by atoms with Gasteiger partial charge in [-0.3, -0.25) is 5.10 Å². The minimum Gasteiger partial charge on any atom is -0.312 e. The van der Waals surface area contributed by atoms with Gasteiger partial charge in [0.25, 0.3) is 0 Å². The zero-order chi connectivity index (χ0) is 12.3. The van der Waals surface area contributed by atoms with E-state index in [-0.39, 0.29) is 0 Å². The zero-order valence-electron chi connectivity index (χ0n) is 10.9. The molecule has 17 heavy (non-hydrogen) atoms. The van der Waals surface area contributed by atoms with Crippen molar-refractivity contribution in [3.8, 4) is 0 Å². The molecule has 1 aliphatic carbocycles. The van der Waals surface area contributed by atoms with Gasteiger partial charge in [0, 0.05) is 11.3 Å². The molecular formula is C12H22N4S. The molecule has 1 aromatic rings. The van der Waals surface area contributed by atoms with Crippen LogP contribution >= 0.6 is 11.8 Å². The van der Waals surface area contributed by atoms with E-state index >= 15 is 0 Å². The molecule has 4 nitrogen and oxygen atoms in total. The normalized spacial score (nSPS) is 27.5. The number of nitrogens with one attached hydrogen (secondary N) is 2. The van der Waals surface area contributed by atoms with Crippen LogP contribution < -0.4 is 5.32 Å². The number of hydrogen-bond acceptors (Lipinski definition) is 4. The van der Waals surface area contributed by atoms with Crippen molar-refractivity contribution in [1.82, 2.24) is 20.5 Å². The Morgan fingerprint density at radius 2 is 2.41 bits per heavy atom. The Balaban J connectivity index is 2.00. The lowest BCUT2D eigenvalue weighted by molar-refractivity contribution is 0.287. The quantitative estimate of drug-likeness (QED) is 0.847. The van der Waals surface area contributed by atoms with E-state index in [1.54, 1.807) is 6.33 Å². The van der Waals surface area contributed by atoms with E-state index in [9.17, 15) is 0 Å². The lowest BCUT2D eigenvalue weighted by Gasteiger charge is -2.31. The first-order valence-electron chi connectivity index (χ1n) is 6.39. The first-order valence-corrected chi connectivity index (χ1v) is 7.27. The fraction of sp³-hybridized carbons (Fsp3) is 0.833. The van der Waals surface area contributed by atoms with Crippen LogP contribution in [0, 0.1) is 5.41 Å². The fourth-order valence-corrected chi connectivity index (χ4v) is 3.91. The average molecular weight is 254 g/mol. The number of rotatable bonds is 5. The monoisotopic (exact) mass is 254 g/mol. The largest absolute Gasteiger partial charge is 0.312 e. The third-order valence-electron chi connectivity index (χ3n) is 3.56. The molecular weight excluding hydrogens is 232 g/mol. The van der Waals surface area contributed by atoms with Crippen molar-refractivity contribution in [2.75, 3.05) is 6.54 Å². The minimum atomic E-state index is 0.382. The molecule has 0 spiro atoms. The second kappa shape index (κ2) is 5.40. The second-order valence-electron chi connectivity index (χ2n) is 5.41. The van der Waals surface area contributed by atoms with Gasteiger partial charge in [0.1, 0.15) is 6.33 Å². The zero-order valence-corrected chi connectivity index (χ0v) is 11.7. The Morgan fingerprint density at radius 3 is 3.06 bits per heavy atom. The Morgan fingerprint density at radius 1 is 1.59 bits per heavy atom. The van der Waals surface area contributed by atoms with Crippen molar-refractivity contribution in [1.29, 1.82) is 0 Å². The summed E-state index contributed by atoms with van der Waals surface area (Å²) in [5.74, 6) is 0. The number of H-pyrrole nitrogens is 1. The molecule has 0 radical (unpaired) electrons. The lowest BCUT2D eigenvalue weighted by Crippen LogP contribution is -2.43. The predicted molar refractivity (Wildman–Crippen MR) is 71.1 cm³/mol. The summed E-state index contributed by atoms with van der Waals surface area (Å²) in [5, 5.41) is 12.1. The van der Waals surface area contributed by atoms with Crippen LogP contribution in [0.3, 0.4) is 0 Å². The van der Waals surface area contributed by atoms with Crippen molar-refractivity contribution in [2.24, 2.45) is 5.41 Å². The van der Waals surface area contributed by atoms with Gasteiger partial charge in [-0.05, 0) is 31.2 Å². The molecule has 2 atom stereocenters. The van der Waals surface area contributed by atoms with Crippen LogP contribution in [0.1, 0.15) is 40.0 Å². The maximum absolute atomic E-state index is 4.21. The van der Waals surface area contributed by atoms with Crippen molar-refractivity contribution < 1.29 is 0 Å². The maximum atomic E-state index is 4.21. The van der Waals surface area contributed by atoms with Gasteiger partial charge in [0.05, 0.1) is 0 Å². The summed E-state index contributed by atoms with van der Waals surface area (Å²) in [6, 6.07) is 0.567. The number of aromatic amines is 1. The Bertz CT molecular complexity index is 336. The van der Waals surface area contributed by atoms with Crippen molar-refractivity contribution in [3.05, 3.63) is 6.33 Å². The highest BCUT2D eigenvalue weighted by Crippen LogP contribution is 2.44. The number of aromatic nitrogens is 3. The fourth-order valence-electron chi connectivity index (χ4n) is 2.57. The summed E-state index contributed by atoms with van der Waals surface area (Å²) in [4.78, 5) is 4.21. The van der Waals surface area contributed by atoms with Crippen LogP contribution in [0.25, 0.3) is 0 Å². The molecule has 2 N–H and O–H groups in total. The third kappa shape index (κ3) is 3.01. The van der Waals surface area contributed by atoms with Gasteiger partial charge in [-0.25, -0.2) is 4.98 Å². The molecule has 0 saturated heterocycles. The van der Waals surface area contributed by atoms with E-state index in [2.05, 4.69) is 41.3 Å². The first kappa shape index (κ1) is 12.9. The molecule has 2 rings (SSSR count). The molecule has 0 aromatic carbocycles. The van der Waals surface area contributed by atoms with E-state index in [4.69, 9.17) is 0 Å². The highest BCUT2D eigenvalue weighted by atomic mass is 32.2. The Labute approximate surface area is 107 Å². The predicted octanol–water partition coefficient (Wildman–Crippen LogP) is 2.45. The summed E-state index contributed by atoms with van der Waals surface area (Å²) in [6.07, 6.45) is 5.29. The van der Waals surface area contributed by atoms with Gasteiger partial charge in [-0.15, -0.1) is 0 Å². The number of thioether (sulfide) groups is 1. The van der Waals surface area contributed by atoms with Gasteiger partial charge in [-0.2, -0.15) is 5.10 Å². The molecule has 1 saturated carbocycles. The summed E-state index contributed by atoms with van der Waals surface area (Å²) < 4.78 is 0. The molecule has 0 aliphatic heterocycles. The molecule has 96 valence electrons. The van der Waals surface area contributed by atoms with E-state index in [0.717, 1.165) is 11.7 Å². The molecule has 2 unspecified atom stereocenters. The smallest absolute Gasteiger partial charge is 0.183 e. The molecule has 1 aromatic heterocycles. The molecule has 5 heteroatoms. The lowest BCUT2D eigenvalue weighted by atomic mass is 9.87. The second-order valence-corrected chi connectivity index (χ2v) is 6.63. The van der Waals surface area contributed by atoms with Crippen LogP contribution in [0.2, 0.25) is 0 Å². The standard InChI is InChI=1S/C12H22N4S/c1-4-7-13-10-9(5-6-12(10,2)3)17-11-14-8-15-16-11/h8-10,13H,4-7H2,1-3H3,(H,14,15,16). The minimum absolute atomic E-state index is 0.382. The Hall–Kier alpha value is -0.550. The molecule has 1 aliphatic rings. The van der Waals surface area contributed by atoms with Gasteiger partial charge in [0.2, 0.25) is 0 Å². The van der Waals surface area contributed by atoms with Crippen LogP contribution in [0.4, 0.5) is 0 Å². The first-order chi connectivity index (χ1) is 8.13. The topological polar surface area (TPSA) is 53.6 Å². The number of nitrogens with zero attached hydrogens (tertiary/aromatic N) is 2. The molecule has 1 heterocycles.